The van der Waals surface area contributed by atoms with Gasteiger partial charge in [0.2, 0.25) is 11.8 Å². The number of nitro groups is 1. The molecule has 0 unspecified atom stereocenters. The van der Waals surface area contributed by atoms with E-state index in [-0.39, 0.29) is 23.5 Å². The summed E-state index contributed by atoms with van der Waals surface area (Å²) in [6.07, 6.45) is 2.71. The Morgan fingerprint density at radius 3 is 2.71 bits per heavy atom. The normalized spacial score (nSPS) is 11.2. The molecule has 1 aromatic heterocycles. The maximum absolute atomic E-state index is 11.0. The van der Waals surface area contributed by atoms with Gasteiger partial charge in [-0.1, -0.05) is 20.8 Å². The van der Waals surface area contributed by atoms with E-state index in [0.717, 1.165) is 6.42 Å². The van der Waals surface area contributed by atoms with Gasteiger partial charge < -0.3 is 15.7 Å². The Morgan fingerprint density at radius 1 is 1.43 bits per heavy atom. The zero-order chi connectivity index (χ0) is 15.9. The Hall–Kier alpha value is -1.96. The lowest BCUT2D eigenvalue weighted by Crippen LogP contribution is -2.25. The molecule has 0 aliphatic rings. The summed E-state index contributed by atoms with van der Waals surface area (Å²) in [6.45, 7) is 7.20. The van der Waals surface area contributed by atoms with Crippen LogP contribution in [0.2, 0.25) is 0 Å². The van der Waals surface area contributed by atoms with Crippen LogP contribution < -0.4 is 10.6 Å². The molecule has 0 radical (unpaired) electrons. The Bertz CT molecular complexity index is 479. The summed E-state index contributed by atoms with van der Waals surface area (Å²) in [5.74, 6) is 0.560. The summed E-state index contributed by atoms with van der Waals surface area (Å²) >= 11 is 0. The lowest BCUT2D eigenvalue weighted by atomic mass is 9.90. The Labute approximate surface area is 124 Å². The maximum Gasteiger partial charge on any atom is 0.329 e. The van der Waals surface area contributed by atoms with Crippen LogP contribution in [0.1, 0.15) is 33.6 Å². The first kappa shape index (κ1) is 17.1. The minimum atomic E-state index is -0.509. The van der Waals surface area contributed by atoms with Gasteiger partial charge in [0.05, 0.1) is 4.92 Å². The van der Waals surface area contributed by atoms with Gasteiger partial charge in [0.1, 0.15) is 6.20 Å². The number of rotatable bonds is 9. The third-order valence-corrected chi connectivity index (χ3v) is 3.02. The summed E-state index contributed by atoms with van der Waals surface area (Å²) in [6, 6.07) is 0. The molecular weight excluding hydrogens is 274 g/mol. The molecular formula is C13H23N5O3. The zero-order valence-electron chi connectivity index (χ0n) is 12.7. The van der Waals surface area contributed by atoms with Crippen molar-refractivity contribution in [3.8, 4) is 0 Å². The molecule has 21 heavy (non-hydrogen) atoms. The van der Waals surface area contributed by atoms with Gasteiger partial charge in [0, 0.05) is 19.7 Å². The van der Waals surface area contributed by atoms with Crippen molar-refractivity contribution in [2.75, 3.05) is 30.3 Å². The van der Waals surface area contributed by atoms with Gasteiger partial charge in [0.15, 0.2) is 0 Å². The van der Waals surface area contributed by atoms with Crippen molar-refractivity contribution in [3.63, 3.8) is 0 Å². The van der Waals surface area contributed by atoms with E-state index >= 15 is 0 Å². The molecule has 0 spiro atoms. The molecule has 0 amide bonds. The van der Waals surface area contributed by atoms with Crippen molar-refractivity contribution in [2.24, 2.45) is 5.41 Å². The zero-order valence-corrected chi connectivity index (χ0v) is 12.7. The van der Waals surface area contributed by atoms with Gasteiger partial charge in [-0.2, -0.15) is 4.98 Å². The third-order valence-electron chi connectivity index (χ3n) is 3.02. The molecule has 1 aromatic rings. The number of nitrogens with zero attached hydrogens (tertiary/aromatic N) is 3. The third kappa shape index (κ3) is 5.50. The van der Waals surface area contributed by atoms with Crippen molar-refractivity contribution in [1.29, 1.82) is 0 Å². The van der Waals surface area contributed by atoms with Crippen LogP contribution in [0.4, 0.5) is 17.5 Å². The molecule has 8 heteroatoms. The summed E-state index contributed by atoms with van der Waals surface area (Å²) in [4.78, 5) is 18.6. The van der Waals surface area contributed by atoms with Crippen LogP contribution in [-0.4, -0.2) is 39.7 Å². The van der Waals surface area contributed by atoms with Gasteiger partial charge in [-0.05, 0) is 18.3 Å². The fourth-order valence-corrected chi connectivity index (χ4v) is 1.68. The maximum atomic E-state index is 11.0. The van der Waals surface area contributed by atoms with E-state index in [1.165, 1.54) is 6.20 Å². The summed E-state index contributed by atoms with van der Waals surface area (Å²) < 4.78 is 0. The average molecular weight is 297 g/mol. The van der Waals surface area contributed by atoms with Crippen molar-refractivity contribution in [1.82, 2.24) is 9.97 Å². The minimum absolute atomic E-state index is 0.0733. The molecule has 0 bridgehead atoms. The Kier molecular flexibility index (Phi) is 6.29. The second kappa shape index (κ2) is 7.72. The number of anilines is 2. The van der Waals surface area contributed by atoms with E-state index < -0.39 is 4.92 Å². The fraction of sp³-hybridized carbons (Fsp3) is 0.692. The molecule has 8 nitrogen and oxygen atoms in total. The predicted molar refractivity (Wildman–Crippen MR) is 81.4 cm³/mol. The monoisotopic (exact) mass is 297 g/mol. The first-order valence-corrected chi connectivity index (χ1v) is 6.99. The standard InChI is InChI=1S/C13H23N5O3/c1-4-6-14-12-15-8-10(18(20)21)11(17-12)16-9-13(2,3)5-7-19/h8,19H,4-7,9H2,1-3H3,(H2,14,15,16,17). The number of hydrogen-bond donors (Lipinski definition) is 3. The SMILES string of the molecule is CCCNc1ncc([N+](=O)[O-])c(NCC(C)(C)CCO)n1. The van der Waals surface area contributed by atoms with Crippen molar-refractivity contribution in [2.45, 2.75) is 33.6 Å². The van der Waals surface area contributed by atoms with Crippen LogP contribution in [0.15, 0.2) is 6.20 Å². The van der Waals surface area contributed by atoms with Gasteiger partial charge in [0.25, 0.3) is 0 Å². The molecule has 0 aromatic carbocycles. The van der Waals surface area contributed by atoms with E-state index in [4.69, 9.17) is 5.11 Å². The molecule has 3 N–H and O–H groups in total. The molecule has 0 saturated heterocycles. The summed E-state index contributed by atoms with van der Waals surface area (Å²) in [5.41, 5.74) is -0.346. The van der Waals surface area contributed by atoms with Crippen LogP contribution in [0.25, 0.3) is 0 Å². The molecule has 1 heterocycles. The largest absolute Gasteiger partial charge is 0.396 e. The molecule has 0 atom stereocenters. The highest BCUT2D eigenvalue weighted by atomic mass is 16.6. The van der Waals surface area contributed by atoms with Crippen LogP contribution in [0.3, 0.4) is 0 Å². The quantitative estimate of drug-likeness (QED) is 0.472. The molecule has 0 saturated carbocycles. The first-order chi connectivity index (χ1) is 9.89. The second-order valence-electron chi connectivity index (χ2n) is 5.60. The minimum Gasteiger partial charge on any atom is -0.396 e. The second-order valence-corrected chi connectivity index (χ2v) is 5.60. The average Bonchev–Trinajstić information content (AvgIpc) is 2.42. The molecule has 0 aliphatic carbocycles. The van der Waals surface area contributed by atoms with Crippen molar-refractivity contribution < 1.29 is 10.0 Å². The number of nitrogens with one attached hydrogen (secondary N) is 2. The van der Waals surface area contributed by atoms with Crippen molar-refractivity contribution >= 4 is 17.5 Å². The van der Waals surface area contributed by atoms with Crippen LogP contribution in [0.5, 0.6) is 0 Å². The van der Waals surface area contributed by atoms with Gasteiger partial charge in [-0.3, -0.25) is 10.1 Å². The Balaban J connectivity index is 2.88. The van der Waals surface area contributed by atoms with E-state index in [1.54, 1.807) is 0 Å². The summed E-state index contributed by atoms with van der Waals surface area (Å²) in [5, 5.41) is 26.0. The topological polar surface area (TPSA) is 113 Å². The van der Waals surface area contributed by atoms with E-state index in [0.29, 0.717) is 25.5 Å². The smallest absolute Gasteiger partial charge is 0.329 e. The highest BCUT2D eigenvalue weighted by Crippen LogP contribution is 2.25. The number of hydrogen-bond acceptors (Lipinski definition) is 7. The van der Waals surface area contributed by atoms with Gasteiger partial charge in [-0.15, -0.1) is 0 Å². The van der Waals surface area contributed by atoms with Crippen LogP contribution in [-0.2, 0) is 0 Å². The van der Waals surface area contributed by atoms with E-state index in [2.05, 4.69) is 20.6 Å². The Morgan fingerprint density at radius 2 is 2.14 bits per heavy atom. The molecule has 0 aliphatic heterocycles. The molecule has 0 fully saturated rings. The number of aliphatic hydroxyl groups is 1. The number of aliphatic hydroxyl groups excluding tert-OH is 1. The van der Waals surface area contributed by atoms with Crippen molar-refractivity contribution in [3.05, 3.63) is 16.3 Å². The number of aromatic nitrogens is 2. The molecule has 118 valence electrons. The van der Waals surface area contributed by atoms with Crippen LogP contribution >= 0.6 is 0 Å². The lowest BCUT2D eigenvalue weighted by Gasteiger charge is -2.24. The summed E-state index contributed by atoms with van der Waals surface area (Å²) in [7, 11) is 0. The molecule has 1 rings (SSSR count). The highest BCUT2D eigenvalue weighted by Gasteiger charge is 2.21. The fourth-order valence-electron chi connectivity index (χ4n) is 1.68. The van der Waals surface area contributed by atoms with Crippen LogP contribution in [0, 0.1) is 15.5 Å². The van der Waals surface area contributed by atoms with E-state index in [9.17, 15) is 10.1 Å². The lowest BCUT2D eigenvalue weighted by molar-refractivity contribution is -0.384. The predicted octanol–water partition coefficient (Wildman–Crippen LogP) is 2.03. The highest BCUT2D eigenvalue weighted by molar-refractivity contribution is 5.57. The van der Waals surface area contributed by atoms with Gasteiger partial charge in [-0.25, -0.2) is 4.98 Å². The first-order valence-electron chi connectivity index (χ1n) is 6.99. The van der Waals surface area contributed by atoms with Gasteiger partial charge >= 0.3 is 5.69 Å². The van der Waals surface area contributed by atoms with E-state index in [1.807, 2.05) is 20.8 Å².